The Morgan fingerprint density at radius 1 is 1.12 bits per heavy atom. The smallest absolute Gasteiger partial charge is 0.159 e. The number of hydrogen-bond donors (Lipinski definition) is 1. The van der Waals surface area contributed by atoms with Gasteiger partial charge in [-0.2, -0.15) is 0 Å². The van der Waals surface area contributed by atoms with Gasteiger partial charge in [0, 0.05) is 11.1 Å². The Bertz CT molecular complexity index is 742. The highest BCUT2D eigenvalue weighted by atomic mass is 35.5. The number of thioether (sulfide) groups is 1. The zero-order chi connectivity index (χ0) is 19.3. The van der Waals surface area contributed by atoms with E-state index in [9.17, 15) is 0 Å². The second-order valence-electron chi connectivity index (χ2n) is 5.86. The number of methoxy groups -OCH3 is 2. The summed E-state index contributed by atoms with van der Waals surface area (Å²) in [5, 5.41) is 4.90. The summed E-state index contributed by atoms with van der Waals surface area (Å²) in [4.78, 5) is 9.66. The van der Waals surface area contributed by atoms with E-state index >= 15 is 0 Å². The topological polar surface area (TPSA) is 56.3 Å². The van der Waals surface area contributed by atoms with E-state index in [0.717, 1.165) is 40.6 Å². The Morgan fingerprint density at radius 3 is 2.15 bits per heavy atom. The van der Waals surface area contributed by atoms with Crippen LogP contribution in [0, 0.1) is 6.92 Å². The Kier molecular flexibility index (Phi) is 7.41. The van der Waals surface area contributed by atoms with Crippen molar-refractivity contribution >= 4 is 29.2 Å². The van der Waals surface area contributed by atoms with Crippen LogP contribution in [0.4, 0.5) is 5.82 Å². The molecule has 0 bridgehead atoms. The molecule has 0 amide bonds. The van der Waals surface area contributed by atoms with Crippen molar-refractivity contribution in [2.24, 2.45) is 0 Å². The minimum Gasteiger partial charge on any atom is -0.496 e. The number of nitrogens with zero attached hydrogens (tertiary/aromatic N) is 2. The van der Waals surface area contributed by atoms with Gasteiger partial charge < -0.3 is 14.8 Å². The van der Waals surface area contributed by atoms with E-state index < -0.39 is 0 Å². The maximum atomic E-state index is 6.17. The van der Waals surface area contributed by atoms with Gasteiger partial charge in [-0.3, -0.25) is 0 Å². The Balaban J connectivity index is 2.62. The summed E-state index contributed by atoms with van der Waals surface area (Å²) in [6, 6.07) is 3.89. The lowest BCUT2D eigenvalue weighted by molar-refractivity contribution is 0.397. The van der Waals surface area contributed by atoms with Crippen LogP contribution in [-0.4, -0.2) is 36.5 Å². The number of anilines is 1. The van der Waals surface area contributed by atoms with Crippen LogP contribution in [0.1, 0.15) is 32.4 Å². The number of aryl methyl sites for hydroxylation is 1. The lowest BCUT2D eigenvalue weighted by Crippen LogP contribution is -2.19. The van der Waals surface area contributed by atoms with Gasteiger partial charge in [-0.15, -0.1) is 11.8 Å². The van der Waals surface area contributed by atoms with Crippen molar-refractivity contribution in [3.05, 3.63) is 22.8 Å². The summed E-state index contributed by atoms with van der Waals surface area (Å²) in [5.74, 6) is 2.04. The summed E-state index contributed by atoms with van der Waals surface area (Å²) >= 11 is 7.73. The van der Waals surface area contributed by atoms with Crippen molar-refractivity contribution in [3.63, 3.8) is 0 Å². The molecule has 1 N–H and O–H groups in total. The van der Waals surface area contributed by atoms with Crippen molar-refractivity contribution in [2.45, 2.75) is 44.7 Å². The van der Waals surface area contributed by atoms with Gasteiger partial charge in [-0.1, -0.05) is 25.4 Å². The van der Waals surface area contributed by atoms with E-state index in [-0.39, 0.29) is 0 Å². The fraction of sp³-hybridized carbons (Fsp3) is 0.474. The SMILES string of the molecule is CCC(CC)Nc1nc(C)c(-c2c(OC)cc(Cl)cc2OC)nc1SC. The fourth-order valence-corrected chi connectivity index (χ4v) is 3.46. The summed E-state index contributed by atoms with van der Waals surface area (Å²) < 4.78 is 11.1. The molecule has 0 fully saturated rings. The number of benzene rings is 1. The molecule has 2 aromatic rings. The molecule has 0 aliphatic rings. The van der Waals surface area contributed by atoms with Crippen LogP contribution in [0.3, 0.4) is 0 Å². The van der Waals surface area contributed by atoms with E-state index in [1.165, 1.54) is 0 Å². The van der Waals surface area contributed by atoms with E-state index in [1.807, 2.05) is 13.2 Å². The van der Waals surface area contributed by atoms with Crippen LogP contribution < -0.4 is 14.8 Å². The highest BCUT2D eigenvalue weighted by molar-refractivity contribution is 7.98. The van der Waals surface area contributed by atoms with Crippen molar-refractivity contribution in [1.29, 1.82) is 0 Å². The highest BCUT2D eigenvalue weighted by Crippen LogP contribution is 2.42. The van der Waals surface area contributed by atoms with Crippen LogP contribution in [0.15, 0.2) is 17.2 Å². The van der Waals surface area contributed by atoms with Gasteiger partial charge in [0.15, 0.2) is 5.82 Å². The van der Waals surface area contributed by atoms with Crippen LogP contribution in [0.5, 0.6) is 11.5 Å². The molecule has 1 heterocycles. The van der Waals surface area contributed by atoms with E-state index in [4.69, 9.17) is 31.0 Å². The van der Waals surface area contributed by atoms with Crippen LogP contribution in [0.25, 0.3) is 11.3 Å². The van der Waals surface area contributed by atoms with Gasteiger partial charge in [0.1, 0.15) is 22.2 Å². The molecule has 0 aliphatic heterocycles. The van der Waals surface area contributed by atoms with Crippen LogP contribution in [0.2, 0.25) is 5.02 Å². The van der Waals surface area contributed by atoms with Gasteiger partial charge in [-0.25, -0.2) is 9.97 Å². The van der Waals surface area contributed by atoms with Crippen molar-refractivity contribution < 1.29 is 9.47 Å². The number of hydrogen-bond acceptors (Lipinski definition) is 6. The second-order valence-corrected chi connectivity index (χ2v) is 7.09. The number of nitrogens with one attached hydrogen (secondary N) is 1. The monoisotopic (exact) mass is 395 g/mol. The Hall–Kier alpha value is -1.66. The van der Waals surface area contributed by atoms with Crippen LogP contribution in [-0.2, 0) is 0 Å². The second kappa shape index (κ2) is 9.33. The average molecular weight is 396 g/mol. The minimum absolute atomic E-state index is 0.375. The lowest BCUT2D eigenvalue weighted by Gasteiger charge is -2.20. The molecule has 5 nitrogen and oxygen atoms in total. The van der Waals surface area contributed by atoms with E-state index in [2.05, 4.69) is 19.2 Å². The minimum atomic E-state index is 0.375. The summed E-state index contributed by atoms with van der Waals surface area (Å²) in [6.45, 7) is 6.27. The number of ether oxygens (including phenoxy) is 2. The maximum Gasteiger partial charge on any atom is 0.159 e. The van der Waals surface area contributed by atoms with Gasteiger partial charge in [0.25, 0.3) is 0 Å². The van der Waals surface area contributed by atoms with Crippen molar-refractivity contribution in [2.75, 3.05) is 25.8 Å². The summed E-state index contributed by atoms with van der Waals surface area (Å²) in [6.07, 6.45) is 4.06. The molecule has 142 valence electrons. The Morgan fingerprint density at radius 2 is 1.69 bits per heavy atom. The first-order chi connectivity index (χ1) is 12.5. The molecule has 0 spiro atoms. The first kappa shape index (κ1) is 20.6. The molecule has 0 saturated heterocycles. The molecule has 0 unspecified atom stereocenters. The number of halogens is 1. The van der Waals surface area contributed by atoms with Crippen LogP contribution >= 0.6 is 23.4 Å². The lowest BCUT2D eigenvalue weighted by atomic mass is 10.1. The molecule has 0 saturated carbocycles. The third kappa shape index (κ3) is 4.35. The summed E-state index contributed by atoms with van der Waals surface area (Å²) in [7, 11) is 3.21. The molecular formula is C19H26ClN3O2S. The average Bonchev–Trinajstić information content (AvgIpc) is 2.65. The molecular weight excluding hydrogens is 370 g/mol. The Labute approximate surface area is 164 Å². The molecule has 0 atom stereocenters. The van der Waals surface area contributed by atoms with Crippen molar-refractivity contribution in [3.8, 4) is 22.8 Å². The normalized spacial score (nSPS) is 10.9. The zero-order valence-corrected chi connectivity index (χ0v) is 17.7. The molecule has 1 aromatic heterocycles. The quantitative estimate of drug-likeness (QED) is 0.600. The fourth-order valence-electron chi connectivity index (χ4n) is 2.78. The van der Waals surface area contributed by atoms with Crippen molar-refractivity contribution in [1.82, 2.24) is 9.97 Å². The standard InChI is InChI=1S/C19H26ClN3O2S/c1-7-13(8-2)22-18-19(26-6)23-17(11(3)21-18)16-14(24-4)9-12(20)10-15(16)25-5/h9-10,13H,7-8H2,1-6H3,(H,21,22). The molecule has 0 radical (unpaired) electrons. The van der Waals surface area contributed by atoms with E-state index in [0.29, 0.717) is 22.6 Å². The molecule has 1 aromatic carbocycles. The number of aromatic nitrogens is 2. The highest BCUT2D eigenvalue weighted by Gasteiger charge is 2.21. The molecule has 7 heteroatoms. The summed E-state index contributed by atoms with van der Waals surface area (Å²) in [5.41, 5.74) is 2.29. The third-order valence-corrected chi connectivity index (χ3v) is 5.15. The van der Waals surface area contributed by atoms with Gasteiger partial charge >= 0.3 is 0 Å². The third-order valence-electron chi connectivity index (χ3n) is 4.27. The van der Waals surface area contributed by atoms with Gasteiger partial charge in [-0.05, 0) is 38.2 Å². The first-order valence-electron chi connectivity index (χ1n) is 8.59. The molecule has 26 heavy (non-hydrogen) atoms. The maximum absolute atomic E-state index is 6.17. The molecule has 0 aliphatic carbocycles. The zero-order valence-electron chi connectivity index (χ0n) is 16.1. The largest absolute Gasteiger partial charge is 0.496 e. The van der Waals surface area contributed by atoms with Gasteiger partial charge in [0.2, 0.25) is 0 Å². The van der Waals surface area contributed by atoms with E-state index in [1.54, 1.807) is 38.1 Å². The predicted molar refractivity (Wildman–Crippen MR) is 110 cm³/mol. The molecule has 2 rings (SSSR count). The van der Waals surface area contributed by atoms with Gasteiger partial charge in [0.05, 0.1) is 25.5 Å². The first-order valence-corrected chi connectivity index (χ1v) is 10.2. The predicted octanol–water partition coefficient (Wildman–Crippen LogP) is 5.45. The number of rotatable bonds is 8.